The molecule has 32 heavy (non-hydrogen) atoms. The number of carbonyl (C=O) groups excluding carboxylic acids is 2. The van der Waals surface area contributed by atoms with Crippen molar-refractivity contribution in [2.75, 3.05) is 36.9 Å². The molecule has 0 spiro atoms. The molecule has 2 aliphatic heterocycles. The maximum atomic E-state index is 14.9. The van der Waals surface area contributed by atoms with Crippen LogP contribution < -0.4 is 21.3 Å². The lowest BCUT2D eigenvalue weighted by atomic mass is 9.89. The summed E-state index contributed by atoms with van der Waals surface area (Å²) in [5, 5.41) is 5.36. The number of anilines is 2. The highest BCUT2D eigenvalue weighted by Crippen LogP contribution is 2.29. The van der Waals surface area contributed by atoms with Crippen molar-refractivity contribution in [2.45, 2.75) is 69.5 Å². The molecule has 1 aromatic rings. The second-order valence-corrected chi connectivity index (χ2v) is 9.75. The molecular weight excluding hydrogens is 409 g/mol. The van der Waals surface area contributed by atoms with Gasteiger partial charge in [-0.3, -0.25) is 14.9 Å². The molecule has 1 aromatic carbocycles. The summed E-state index contributed by atoms with van der Waals surface area (Å²) in [4.78, 5) is 27.9. The predicted octanol–water partition coefficient (Wildman–Crippen LogP) is 2.46. The van der Waals surface area contributed by atoms with Crippen molar-refractivity contribution in [1.82, 2.24) is 10.2 Å². The quantitative estimate of drug-likeness (QED) is 0.583. The fourth-order valence-corrected chi connectivity index (χ4v) is 5.34. The van der Waals surface area contributed by atoms with Gasteiger partial charge in [0.05, 0.1) is 5.69 Å². The minimum atomic E-state index is -0.509. The number of nitrogens with two attached hydrogens (primary N) is 1. The number of carbonyl (C=O) groups is 2. The monoisotopic (exact) mass is 445 g/mol. The number of rotatable bonds is 6. The van der Waals surface area contributed by atoms with Gasteiger partial charge in [0, 0.05) is 43.8 Å². The largest absolute Gasteiger partial charge is 0.374 e. The molecule has 4 N–H and O–H groups in total. The Morgan fingerprint density at radius 3 is 2.50 bits per heavy atom. The number of benzene rings is 1. The minimum Gasteiger partial charge on any atom is -0.374 e. The summed E-state index contributed by atoms with van der Waals surface area (Å²) in [6.45, 7) is 2.81. The van der Waals surface area contributed by atoms with E-state index in [-0.39, 0.29) is 17.6 Å². The highest BCUT2D eigenvalue weighted by Gasteiger charge is 2.28. The highest BCUT2D eigenvalue weighted by molar-refractivity contribution is 6.01. The Hall–Kier alpha value is -2.19. The summed E-state index contributed by atoms with van der Waals surface area (Å²) >= 11 is 0. The topological polar surface area (TPSA) is 90.7 Å². The van der Waals surface area contributed by atoms with Gasteiger partial charge < -0.3 is 20.9 Å². The molecule has 2 heterocycles. The normalized spacial score (nSPS) is 27.5. The minimum absolute atomic E-state index is 0.257. The van der Waals surface area contributed by atoms with Gasteiger partial charge in [-0.2, -0.15) is 0 Å². The molecule has 3 aliphatic rings. The first kappa shape index (κ1) is 23.0. The lowest BCUT2D eigenvalue weighted by Crippen LogP contribution is -2.47. The first-order chi connectivity index (χ1) is 15.4. The van der Waals surface area contributed by atoms with Crippen molar-refractivity contribution < 1.29 is 14.0 Å². The molecule has 7 nitrogen and oxygen atoms in total. The molecule has 1 aliphatic carbocycles. The Morgan fingerprint density at radius 1 is 1.12 bits per heavy atom. The molecular formula is C24H36FN5O2. The van der Waals surface area contributed by atoms with Crippen LogP contribution in [0.3, 0.4) is 0 Å². The Balaban J connectivity index is 1.27. The predicted molar refractivity (Wildman–Crippen MR) is 124 cm³/mol. The fraction of sp³-hybridized carbons (Fsp3) is 0.667. The van der Waals surface area contributed by atoms with Gasteiger partial charge in [0.25, 0.3) is 0 Å². The third-order valence-electron chi connectivity index (χ3n) is 7.39. The molecule has 3 fully saturated rings. The van der Waals surface area contributed by atoms with Gasteiger partial charge in [0.2, 0.25) is 11.8 Å². The van der Waals surface area contributed by atoms with E-state index in [9.17, 15) is 14.0 Å². The highest BCUT2D eigenvalue weighted by atomic mass is 19.1. The molecule has 1 atom stereocenters. The summed E-state index contributed by atoms with van der Waals surface area (Å²) in [5.74, 6) is -0.249. The lowest BCUT2D eigenvalue weighted by molar-refractivity contribution is -0.133. The van der Waals surface area contributed by atoms with Gasteiger partial charge in [-0.1, -0.05) is 0 Å². The average Bonchev–Trinajstić information content (AvgIpc) is 2.77. The van der Waals surface area contributed by atoms with E-state index >= 15 is 0 Å². The van der Waals surface area contributed by atoms with Crippen LogP contribution in [0.2, 0.25) is 0 Å². The first-order valence-corrected chi connectivity index (χ1v) is 12.0. The van der Waals surface area contributed by atoms with E-state index in [4.69, 9.17) is 5.73 Å². The number of hydrogen-bond donors (Lipinski definition) is 3. The van der Waals surface area contributed by atoms with Gasteiger partial charge in [-0.25, -0.2) is 4.39 Å². The number of halogens is 1. The van der Waals surface area contributed by atoms with E-state index in [1.807, 2.05) is 6.07 Å². The van der Waals surface area contributed by atoms with Crippen LogP contribution in [0.4, 0.5) is 15.8 Å². The number of nitrogens with zero attached hydrogens (tertiary/aromatic N) is 2. The molecule has 0 radical (unpaired) electrons. The smallest absolute Gasteiger partial charge is 0.249 e. The van der Waals surface area contributed by atoms with Gasteiger partial charge in [-0.05, 0) is 76.1 Å². The van der Waals surface area contributed by atoms with Crippen LogP contribution in [0, 0.1) is 11.7 Å². The standard InChI is InChI=1S/C24H36FN5O2/c1-29(19-5-2-17(26)3-6-19)15-16-10-12-30(13-11-16)22-8-4-18(14-20(22)25)27-21-7-9-23(31)28-24(21)32/h4,8,14,16-17,19,21,27H,2-3,5-7,9-13,15,26H2,1H3,(H,28,31,32). The van der Waals surface area contributed by atoms with E-state index in [2.05, 4.69) is 27.5 Å². The molecule has 2 amide bonds. The van der Waals surface area contributed by atoms with E-state index in [0.29, 0.717) is 42.2 Å². The van der Waals surface area contributed by atoms with E-state index in [0.717, 1.165) is 45.3 Å². The third-order valence-corrected chi connectivity index (χ3v) is 7.39. The summed E-state index contributed by atoms with van der Waals surface area (Å²) in [5.41, 5.74) is 7.22. The third kappa shape index (κ3) is 5.59. The zero-order valence-electron chi connectivity index (χ0n) is 19.0. The zero-order chi connectivity index (χ0) is 22.7. The first-order valence-electron chi connectivity index (χ1n) is 12.0. The Kier molecular flexibility index (Phi) is 7.30. The number of amides is 2. The number of hydrogen-bond acceptors (Lipinski definition) is 6. The van der Waals surface area contributed by atoms with Crippen molar-refractivity contribution in [3.8, 4) is 0 Å². The number of nitrogens with one attached hydrogen (secondary N) is 2. The van der Waals surface area contributed by atoms with Crippen molar-refractivity contribution >= 4 is 23.2 Å². The Bertz CT molecular complexity index is 819. The van der Waals surface area contributed by atoms with Crippen LogP contribution in [0.25, 0.3) is 0 Å². The molecule has 4 rings (SSSR count). The van der Waals surface area contributed by atoms with Crippen LogP contribution in [0.15, 0.2) is 18.2 Å². The van der Waals surface area contributed by atoms with Gasteiger partial charge in [0.15, 0.2) is 0 Å². The second kappa shape index (κ2) is 10.2. The fourth-order valence-electron chi connectivity index (χ4n) is 5.34. The maximum Gasteiger partial charge on any atom is 0.249 e. The van der Waals surface area contributed by atoms with Crippen LogP contribution in [-0.2, 0) is 9.59 Å². The molecule has 1 saturated carbocycles. The maximum absolute atomic E-state index is 14.9. The van der Waals surface area contributed by atoms with E-state index in [1.165, 1.54) is 18.9 Å². The Labute approximate surface area is 189 Å². The molecule has 176 valence electrons. The van der Waals surface area contributed by atoms with Gasteiger partial charge >= 0.3 is 0 Å². The van der Waals surface area contributed by atoms with E-state index in [1.54, 1.807) is 6.07 Å². The number of imide groups is 1. The van der Waals surface area contributed by atoms with Crippen molar-refractivity contribution in [2.24, 2.45) is 11.7 Å². The SMILES string of the molecule is CN(CC1CCN(c2ccc(NC3CCC(=O)NC3=O)cc2F)CC1)C1CCC(N)CC1. The summed E-state index contributed by atoms with van der Waals surface area (Å²) in [6, 6.07) is 5.58. The van der Waals surface area contributed by atoms with Crippen LogP contribution in [0.5, 0.6) is 0 Å². The molecule has 2 saturated heterocycles. The van der Waals surface area contributed by atoms with Crippen LogP contribution in [-0.4, -0.2) is 61.5 Å². The average molecular weight is 446 g/mol. The van der Waals surface area contributed by atoms with Gasteiger partial charge in [0.1, 0.15) is 11.9 Å². The van der Waals surface area contributed by atoms with Crippen LogP contribution in [0.1, 0.15) is 51.4 Å². The van der Waals surface area contributed by atoms with Crippen molar-refractivity contribution in [3.05, 3.63) is 24.0 Å². The molecule has 0 aromatic heterocycles. The molecule has 1 unspecified atom stereocenters. The van der Waals surface area contributed by atoms with Gasteiger partial charge in [-0.15, -0.1) is 0 Å². The summed E-state index contributed by atoms with van der Waals surface area (Å²) in [6.07, 6.45) is 7.48. The number of piperidine rings is 2. The summed E-state index contributed by atoms with van der Waals surface area (Å²) in [7, 11) is 2.24. The van der Waals surface area contributed by atoms with Crippen LogP contribution >= 0.6 is 0 Å². The van der Waals surface area contributed by atoms with Crippen molar-refractivity contribution in [3.63, 3.8) is 0 Å². The van der Waals surface area contributed by atoms with Crippen molar-refractivity contribution in [1.29, 1.82) is 0 Å². The van der Waals surface area contributed by atoms with E-state index < -0.39 is 6.04 Å². The lowest BCUT2D eigenvalue weighted by Gasteiger charge is -2.39. The zero-order valence-corrected chi connectivity index (χ0v) is 19.0. The second-order valence-electron chi connectivity index (χ2n) is 9.75. The molecule has 0 bridgehead atoms. The summed E-state index contributed by atoms with van der Waals surface area (Å²) < 4.78 is 14.9. The Morgan fingerprint density at radius 2 is 1.84 bits per heavy atom. The molecule has 8 heteroatoms.